The average Bonchev–Trinajstić information content (AvgIpc) is 2.79. The van der Waals surface area contributed by atoms with Gasteiger partial charge in [-0.3, -0.25) is 4.79 Å². The maximum absolute atomic E-state index is 11.9. The normalized spacial score (nSPS) is 22.3. The molecule has 0 radical (unpaired) electrons. The summed E-state index contributed by atoms with van der Waals surface area (Å²) in [4.78, 5) is 24.0. The highest BCUT2D eigenvalue weighted by molar-refractivity contribution is 5.85. The average molecular weight is 265 g/mol. The highest BCUT2D eigenvalue weighted by Gasteiger charge is 2.38. The molecule has 2 atom stereocenters. The summed E-state index contributed by atoms with van der Waals surface area (Å²) in [5.74, 6) is -1.00. The number of carboxylic acid groups (broad SMARTS) is 1. The first-order chi connectivity index (χ1) is 9.08. The predicted octanol–water partition coefficient (Wildman–Crippen LogP) is 0.112. The van der Waals surface area contributed by atoms with Crippen LogP contribution in [0.25, 0.3) is 0 Å². The zero-order valence-electron chi connectivity index (χ0n) is 10.2. The lowest BCUT2D eigenvalue weighted by Crippen LogP contribution is -2.42. The fourth-order valence-electron chi connectivity index (χ4n) is 2.07. The molecule has 1 unspecified atom stereocenters. The van der Waals surface area contributed by atoms with Crippen LogP contribution in [-0.2, 0) is 9.59 Å². The van der Waals surface area contributed by atoms with E-state index >= 15 is 0 Å². The van der Waals surface area contributed by atoms with E-state index in [9.17, 15) is 14.7 Å². The quantitative estimate of drug-likeness (QED) is 0.807. The second-order valence-electron chi connectivity index (χ2n) is 4.39. The Morgan fingerprint density at radius 3 is 2.63 bits per heavy atom. The van der Waals surface area contributed by atoms with E-state index in [4.69, 9.17) is 9.84 Å². The summed E-state index contributed by atoms with van der Waals surface area (Å²) in [6, 6.07) is 7.83. The van der Waals surface area contributed by atoms with Crippen molar-refractivity contribution in [1.82, 2.24) is 4.90 Å². The molecule has 1 aliphatic heterocycles. The molecule has 0 aliphatic carbocycles. The standard InChI is InChI=1S/C13H15NO5/c15-9-6-11(13(17)18)14(7-9)12(16)8-19-10-4-2-1-3-5-10/h1-5,9,11,15H,6-8H2,(H,17,18)/t9?,11-/m0/s1. The van der Waals surface area contributed by atoms with Gasteiger partial charge in [0.2, 0.25) is 0 Å². The number of hydrogen-bond acceptors (Lipinski definition) is 4. The van der Waals surface area contributed by atoms with Crippen LogP contribution in [0, 0.1) is 0 Å². The van der Waals surface area contributed by atoms with E-state index in [0.29, 0.717) is 5.75 Å². The molecule has 6 nitrogen and oxygen atoms in total. The number of aliphatic hydroxyl groups excluding tert-OH is 1. The summed E-state index contributed by atoms with van der Waals surface area (Å²) < 4.78 is 5.28. The van der Waals surface area contributed by atoms with Gasteiger partial charge in [0.1, 0.15) is 11.8 Å². The Balaban J connectivity index is 1.94. The Kier molecular flexibility index (Phi) is 4.01. The molecular formula is C13H15NO5. The molecule has 2 N–H and O–H groups in total. The van der Waals surface area contributed by atoms with E-state index in [1.165, 1.54) is 0 Å². The van der Waals surface area contributed by atoms with Gasteiger partial charge >= 0.3 is 5.97 Å². The van der Waals surface area contributed by atoms with Crippen molar-refractivity contribution in [1.29, 1.82) is 0 Å². The van der Waals surface area contributed by atoms with Gasteiger partial charge in [0.05, 0.1) is 6.10 Å². The molecule has 0 bridgehead atoms. The highest BCUT2D eigenvalue weighted by atomic mass is 16.5. The van der Waals surface area contributed by atoms with Gasteiger partial charge in [-0.05, 0) is 12.1 Å². The van der Waals surface area contributed by atoms with E-state index < -0.39 is 24.0 Å². The van der Waals surface area contributed by atoms with Gasteiger partial charge in [0.25, 0.3) is 5.91 Å². The third-order valence-electron chi connectivity index (χ3n) is 2.99. The summed E-state index contributed by atoms with van der Waals surface area (Å²) in [5, 5.41) is 18.4. The number of aliphatic carboxylic acids is 1. The first kappa shape index (κ1) is 13.4. The largest absolute Gasteiger partial charge is 0.484 e. The SMILES string of the molecule is O=C(O)[C@@H]1CC(O)CN1C(=O)COc1ccccc1. The third kappa shape index (κ3) is 3.23. The van der Waals surface area contributed by atoms with E-state index in [1.54, 1.807) is 24.3 Å². The molecule has 102 valence electrons. The van der Waals surface area contributed by atoms with Crippen molar-refractivity contribution in [2.75, 3.05) is 13.2 Å². The second-order valence-corrected chi connectivity index (χ2v) is 4.39. The summed E-state index contributed by atoms with van der Waals surface area (Å²) in [7, 11) is 0. The summed E-state index contributed by atoms with van der Waals surface area (Å²) >= 11 is 0. The summed E-state index contributed by atoms with van der Waals surface area (Å²) in [5.41, 5.74) is 0. The van der Waals surface area contributed by atoms with Crippen molar-refractivity contribution in [2.45, 2.75) is 18.6 Å². The Labute approximate surface area is 110 Å². The molecular weight excluding hydrogens is 250 g/mol. The van der Waals surface area contributed by atoms with E-state index in [2.05, 4.69) is 0 Å². The fraction of sp³-hybridized carbons (Fsp3) is 0.385. The van der Waals surface area contributed by atoms with Gasteiger partial charge in [0.15, 0.2) is 6.61 Å². The summed E-state index contributed by atoms with van der Waals surface area (Å²) in [6.45, 7) is -0.200. The zero-order valence-corrected chi connectivity index (χ0v) is 10.2. The number of hydrogen-bond donors (Lipinski definition) is 2. The molecule has 1 fully saturated rings. The van der Waals surface area contributed by atoms with E-state index in [-0.39, 0.29) is 19.6 Å². The molecule has 0 spiro atoms. The van der Waals surface area contributed by atoms with E-state index in [0.717, 1.165) is 4.90 Å². The number of ether oxygens (including phenoxy) is 1. The van der Waals surface area contributed by atoms with Crippen LogP contribution in [0.5, 0.6) is 5.75 Å². The Morgan fingerprint density at radius 2 is 2.00 bits per heavy atom. The highest BCUT2D eigenvalue weighted by Crippen LogP contribution is 2.18. The molecule has 1 aliphatic rings. The number of nitrogens with zero attached hydrogens (tertiary/aromatic N) is 1. The minimum atomic E-state index is -1.11. The monoisotopic (exact) mass is 265 g/mol. The first-order valence-electron chi connectivity index (χ1n) is 5.96. The van der Waals surface area contributed by atoms with Crippen molar-refractivity contribution in [3.8, 4) is 5.75 Å². The molecule has 2 rings (SSSR count). The number of rotatable bonds is 4. The fourth-order valence-corrected chi connectivity index (χ4v) is 2.07. The van der Waals surface area contributed by atoms with Crippen LogP contribution in [0.4, 0.5) is 0 Å². The Bertz CT molecular complexity index is 461. The molecule has 1 heterocycles. The lowest BCUT2D eigenvalue weighted by molar-refractivity contribution is -0.148. The predicted molar refractivity (Wildman–Crippen MR) is 65.7 cm³/mol. The number of β-amino-alcohol motifs (C(OH)–C–C–N with tert-alkyl or cyclic N) is 1. The number of para-hydroxylation sites is 1. The first-order valence-corrected chi connectivity index (χ1v) is 5.96. The van der Waals surface area contributed by atoms with Crippen LogP contribution in [0.2, 0.25) is 0 Å². The Hall–Kier alpha value is -2.08. The Morgan fingerprint density at radius 1 is 1.32 bits per heavy atom. The smallest absolute Gasteiger partial charge is 0.326 e. The number of benzene rings is 1. The molecule has 1 saturated heterocycles. The molecule has 1 aromatic rings. The van der Waals surface area contributed by atoms with Crippen molar-refractivity contribution in [3.63, 3.8) is 0 Å². The lowest BCUT2D eigenvalue weighted by Gasteiger charge is -2.21. The van der Waals surface area contributed by atoms with Gasteiger partial charge in [-0.1, -0.05) is 18.2 Å². The van der Waals surface area contributed by atoms with Gasteiger partial charge in [-0.15, -0.1) is 0 Å². The number of carbonyl (C=O) groups is 2. The van der Waals surface area contributed by atoms with Crippen molar-refractivity contribution in [2.24, 2.45) is 0 Å². The number of aliphatic hydroxyl groups is 1. The molecule has 6 heteroatoms. The van der Waals surface area contributed by atoms with E-state index in [1.807, 2.05) is 6.07 Å². The lowest BCUT2D eigenvalue weighted by atomic mass is 10.2. The number of amides is 1. The van der Waals surface area contributed by atoms with Gasteiger partial charge < -0.3 is 19.8 Å². The van der Waals surface area contributed by atoms with Crippen LogP contribution >= 0.6 is 0 Å². The van der Waals surface area contributed by atoms with Gasteiger partial charge in [0, 0.05) is 13.0 Å². The third-order valence-corrected chi connectivity index (χ3v) is 2.99. The van der Waals surface area contributed by atoms with Crippen LogP contribution < -0.4 is 4.74 Å². The van der Waals surface area contributed by atoms with Crippen LogP contribution in [0.15, 0.2) is 30.3 Å². The molecule has 0 saturated carbocycles. The van der Waals surface area contributed by atoms with Crippen LogP contribution in [0.3, 0.4) is 0 Å². The number of carbonyl (C=O) groups excluding carboxylic acids is 1. The zero-order chi connectivity index (χ0) is 13.8. The van der Waals surface area contributed by atoms with Crippen LogP contribution in [-0.4, -0.2) is 52.3 Å². The minimum Gasteiger partial charge on any atom is -0.484 e. The van der Waals surface area contributed by atoms with Crippen molar-refractivity contribution in [3.05, 3.63) is 30.3 Å². The number of carboxylic acids is 1. The molecule has 1 amide bonds. The minimum absolute atomic E-state index is 0.0357. The van der Waals surface area contributed by atoms with Gasteiger partial charge in [-0.2, -0.15) is 0 Å². The van der Waals surface area contributed by atoms with Gasteiger partial charge in [-0.25, -0.2) is 4.79 Å². The maximum Gasteiger partial charge on any atom is 0.326 e. The second kappa shape index (κ2) is 5.71. The van der Waals surface area contributed by atoms with Crippen molar-refractivity contribution >= 4 is 11.9 Å². The topological polar surface area (TPSA) is 87.1 Å². The maximum atomic E-state index is 11.9. The molecule has 1 aromatic carbocycles. The molecule has 0 aromatic heterocycles. The number of likely N-dealkylation sites (tertiary alicyclic amines) is 1. The summed E-state index contributed by atoms with van der Waals surface area (Å²) in [6.07, 6.45) is -0.728. The van der Waals surface area contributed by atoms with Crippen LogP contribution in [0.1, 0.15) is 6.42 Å². The molecule has 19 heavy (non-hydrogen) atoms. The van der Waals surface area contributed by atoms with Crippen molar-refractivity contribution < 1.29 is 24.5 Å².